The van der Waals surface area contributed by atoms with Crippen LogP contribution < -0.4 is 11.3 Å². The molecule has 0 aliphatic heterocycles. The Morgan fingerprint density at radius 2 is 2.11 bits per heavy atom. The van der Waals surface area contributed by atoms with Crippen LogP contribution in [0, 0.1) is 10.1 Å². The molecule has 0 aliphatic rings. The van der Waals surface area contributed by atoms with Gasteiger partial charge >= 0.3 is 0 Å². The molecule has 0 radical (unpaired) electrons. The van der Waals surface area contributed by atoms with Crippen LogP contribution in [0.3, 0.4) is 0 Å². The number of nitro benzene ring substituents is 1. The topological polar surface area (TPSA) is 94.1 Å². The summed E-state index contributed by atoms with van der Waals surface area (Å²) in [7, 11) is 0. The Kier molecular flexibility index (Phi) is 3.75. The summed E-state index contributed by atoms with van der Waals surface area (Å²) < 4.78 is 0. The van der Waals surface area contributed by atoms with E-state index in [2.05, 4.69) is 10.4 Å². The molecule has 2 rings (SSSR count). The monoisotopic (exact) mass is 262 g/mol. The van der Waals surface area contributed by atoms with Crippen molar-refractivity contribution in [3.8, 4) is 0 Å². The van der Waals surface area contributed by atoms with Crippen LogP contribution in [-0.4, -0.2) is 9.91 Å². The van der Waals surface area contributed by atoms with Gasteiger partial charge in [0.05, 0.1) is 9.82 Å². The first-order chi connectivity index (χ1) is 8.70. The molecule has 6 nitrogen and oxygen atoms in total. The zero-order valence-corrected chi connectivity index (χ0v) is 10.1. The number of pyridine rings is 1. The summed E-state index contributed by atoms with van der Waals surface area (Å²) in [6.45, 7) is 0. The van der Waals surface area contributed by atoms with E-state index in [0.29, 0.717) is 10.7 Å². The smallest absolute Gasteiger partial charge is 0.283 e. The number of nitrogens with one attached hydrogen (secondary N) is 1. The van der Waals surface area contributed by atoms with Crippen LogP contribution in [0.5, 0.6) is 0 Å². The van der Waals surface area contributed by atoms with E-state index in [4.69, 9.17) is 5.84 Å². The van der Waals surface area contributed by atoms with Gasteiger partial charge in [-0.25, -0.2) is 10.8 Å². The second-order valence-electron chi connectivity index (χ2n) is 3.35. The van der Waals surface area contributed by atoms with Crippen molar-refractivity contribution in [1.82, 2.24) is 4.98 Å². The average Bonchev–Trinajstić information content (AvgIpc) is 2.39. The van der Waals surface area contributed by atoms with Crippen LogP contribution >= 0.6 is 11.8 Å². The molecule has 0 aliphatic carbocycles. The lowest BCUT2D eigenvalue weighted by Gasteiger charge is -2.04. The summed E-state index contributed by atoms with van der Waals surface area (Å²) in [4.78, 5) is 15.9. The highest BCUT2D eigenvalue weighted by molar-refractivity contribution is 7.99. The van der Waals surface area contributed by atoms with E-state index in [1.165, 1.54) is 17.8 Å². The zero-order chi connectivity index (χ0) is 13.0. The fourth-order valence-corrected chi connectivity index (χ4v) is 2.32. The number of rotatable bonds is 4. The van der Waals surface area contributed by atoms with Gasteiger partial charge in [0.25, 0.3) is 5.69 Å². The first-order valence-corrected chi connectivity index (χ1v) is 5.86. The number of nitrogens with two attached hydrogens (primary N) is 1. The summed E-state index contributed by atoms with van der Waals surface area (Å²) in [5.74, 6) is 5.77. The fraction of sp³-hybridized carbons (Fsp3) is 0. The molecule has 2 aromatic rings. The maximum Gasteiger partial charge on any atom is 0.283 e. The third kappa shape index (κ3) is 2.76. The van der Waals surface area contributed by atoms with Crippen molar-refractivity contribution in [2.24, 2.45) is 5.84 Å². The van der Waals surface area contributed by atoms with Gasteiger partial charge in [0.2, 0.25) is 0 Å². The number of nitro groups is 1. The number of nitrogens with zero attached hydrogens (tertiary/aromatic N) is 2. The predicted octanol–water partition coefficient (Wildman–Crippen LogP) is 2.43. The lowest BCUT2D eigenvalue weighted by atomic mass is 10.3. The van der Waals surface area contributed by atoms with Gasteiger partial charge in [-0.2, -0.15) is 0 Å². The van der Waals surface area contributed by atoms with Crippen LogP contribution in [0.4, 0.5) is 11.5 Å². The van der Waals surface area contributed by atoms with E-state index >= 15 is 0 Å². The molecule has 0 unspecified atom stereocenters. The lowest BCUT2D eigenvalue weighted by Crippen LogP contribution is -2.07. The van der Waals surface area contributed by atoms with Crippen LogP contribution in [0.2, 0.25) is 0 Å². The Morgan fingerprint density at radius 1 is 1.33 bits per heavy atom. The van der Waals surface area contributed by atoms with E-state index in [1.807, 2.05) is 0 Å². The summed E-state index contributed by atoms with van der Waals surface area (Å²) in [6, 6.07) is 10.1. The van der Waals surface area contributed by atoms with Gasteiger partial charge in [0, 0.05) is 17.2 Å². The Labute approximate surface area is 107 Å². The van der Waals surface area contributed by atoms with Crippen LogP contribution in [-0.2, 0) is 0 Å². The second-order valence-corrected chi connectivity index (χ2v) is 4.46. The molecule has 1 aromatic carbocycles. The molecular weight excluding hydrogens is 252 g/mol. The minimum atomic E-state index is -0.397. The molecule has 18 heavy (non-hydrogen) atoms. The summed E-state index contributed by atoms with van der Waals surface area (Å²) in [6.07, 6.45) is 1.59. The minimum absolute atomic E-state index is 0.0848. The number of aromatic nitrogens is 1. The van der Waals surface area contributed by atoms with Gasteiger partial charge in [0.1, 0.15) is 5.82 Å². The largest absolute Gasteiger partial charge is 0.308 e. The Balaban J connectivity index is 2.31. The van der Waals surface area contributed by atoms with E-state index in [1.54, 1.807) is 36.5 Å². The van der Waals surface area contributed by atoms with Crippen molar-refractivity contribution in [2.45, 2.75) is 9.79 Å². The van der Waals surface area contributed by atoms with Gasteiger partial charge in [0.15, 0.2) is 0 Å². The van der Waals surface area contributed by atoms with Crippen LogP contribution in [0.1, 0.15) is 0 Å². The Hall–Kier alpha value is -2.12. The normalized spacial score (nSPS) is 10.1. The second kappa shape index (κ2) is 5.48. The molecular formula is C11H10N4O2S. The predicted molar refractivity (Wildman–Crippen MR) is 69.3 cm³/mol. The van der Waals surface area contributed by atoms with E-state index in [0.717, 1.165) is 4.90 Å². The van der Waals surface area contributed by atoms with E-state index in [-0.39, 0.29) is 5.69 Å². The summed E-state index contributed by atoms with van der Waals surface area (Å²) in [5, 5.41) is 10.9. The average molecular weight is 262 g/mol. The van der Waals surface area contributed by atoms with Crippen LogP contribution in [0.25, 0.3) is 0 Å². The third-order valence-corrected chi connectivity index (χ3v) is 3.22. The number of para-hydroxylation sites is 1. The molecule has 7 heteroatoms. The molecule has 0 bridgehead atoms. The molecule has 0 atom stereocenters. The lowest BCUT2D eigenvalue weighted by molar-refractivity contribution is -0.387. The Bertz CT molecular complexity index is 576. The fourth-order valence-electron chi connectivity index (χ4n) is 1.37. The maximum absolute atomic E-state index is 10.9. The number of hydrogen-bond acceptors (Lipinski definition) is 6. The van der Waals surface area contributed by atoms with Gasteiger partial charge in [-0.1, -0.05) is 23.9 Å². The number of nitrogen functional groups attached to an aromatic ring is 1. The quantitative estimate of drug-likeness (QED) is 0.499. The van der Waals surface area contributed by atoms with E-state index in [9.17, 15) is 10.1 Å². The van der Waals surface area contributed by atoms with Crippen molar-refractivity contribution in [3.63, 3.8) is 0 Å². The van der Waals surface area contributed by atoms with Gasteiger partial charge < -0.3 is 5.43 Å². The first kappa shape index (κ1) is 12.3. The highest BCUT2D eigenvalue weighted by Gasteiger charge is 2.13. The van der Waals surface area contributed by atoms with E-state index < -0.39 is 4.92 Å². The molecule has 3 N–H and O–H groups in total. The molecule has 1 heterocycles. The van der Waals surface area contributed by atoms with Crippen molar-refractivity contribution in [2.75, 3.05) is 5.43 Å². The summed E-state index contributed by atoms with van der Waals surface area (Å²) in [5.41, 5.74) is 2.52. The van der Waals surface area contributed by atoms with Gasteiger partial charge in [-0.05, 0) is 18.2 Å². The van der Waals surface area contributed by atoms with Crippen molar-refractivity contribution >= 4 is 23.3 Å². The summed E-state index contributed by atoms with van der Waals surface area (Å²) >= 11 is 1.29. The highest BCUT2D eigenvalue weighted by atomic mass is 32.2. The van der Waals surface area contributed by atoms with Gasteiger partial charge in [-0.3, -0.25) is 10.1 Å². The highest BCUT2D eigenvalue weighted by Crippen LogP contribution is 2.34. The van der Waals surface area contributed by atoms with Gasteiger partial charge in [-0.15, -0.1) is 0 Å². The zero-order valence-electron chi connectivity index (χ0n) is 9.24. The molecule has 0 spiro atoms. The minimum Gasteiger partial charge on any atom is -0.308 e. The molecule has 1 aromatic heterocycles. The molecule has 0 saturated carbocycles. The molecule has 0 saturated heterocycles. The SMILES string of the molecule is NNc1cc(Sc2ccccc2[N+](=O)[O-])ccn1. The number of anilines is 1. The first-order valence-electron chi connectivity index (χ1n) is 5.04. The van der Waals surface area contributed by atoms with Crippen molar-refractivity contribution in [1.29, 1.82) is 0 Å². The number of hydrazine groups is 1. The Morgan fingerprint density at radius 3 is 2.83 bits per heavy atom. The van der Waals surface area contributed by atoms with Crippen molar-refractivity contribution < 1.29 is 4.92 Å². The number of benzene rings is 1. The van der Waals surface area contributed by atoms with Crippen LogP contribution in [0.15, 0.2) is 52.4 Å². The molecule has 0 fully saturated rings. The number of hydrogen-bond donors (Lipinski definition) is 2. The molecule has 0 amide bonds. The standard InChI is InChI=1S/C11H10N4O2S/c12-14-11-7-8(5-6-13-11)18-10-4-2-1-3-9(10)15(16)17/h1-7H,12H2,(H,13,14). The van der Waals surface area contributed by atoms with Crippen molar-refractivity contribution in [3.05, 3.63) is 52.7 Å². The maximum atomic E-state index is 10.9. The third-order valence-electron chi connectivity index (χ3n) is 2.17. The molecule has 92 valence electrons.